The van der Waals surface area contributed by atoms with Gasteiger partial charge in [0, 0.05) is 31.2 Å². The van der Waals surface area contributed by atoms with E-state index in [2.05, 4.69) is 24.0 Å². The van der Waals surface area contributed by atoms with E-state index in [4.69, 9.17) is 14.9 Å². The number of carboxylic acids is 2. The maximum atomic E-state index is 13.4. The molecule has 0 spiro atoms. The highest BCUT2D eigenvalue weighted by molar-refractivity contribution is 5.89. The number of rotatable bonds is 8. The molecule has 0 aromatic heterocycles. The molecule has 0 unspecified atom stereocenters. The third-order valence-electron chi connectivity index (χ3n) is 6.29. The van der Waals surface area contributed by atoms with Gasteiger partial charge in [0.1, 0.15) is 17.4 Å². The molecule has 38 heavy (non-hydrogen) atoms. The number of aryl methyl sites for hydroxylation is 1. The van der Waals surface area contributed by atoms with Gasteiger partial charge in [-0.25, -0.2) is 18.4 Å². The minimum Gasteiger partial charge on any atom is -0.493 e. The molecule has 2 N–H and O–H groups in total. The summed E-state index contributed by atoms with van der Waals surface area (Å²) in [6, 6.07) is 21.7. The Morgan fingerprint density at radius 2 is 1.45 bits per heavy atom. The third kappa shape index (κ3) is 9.44. The van der Waals surface area contributed by atoms with Crippen LogP contribution in [0.5, 0.6) is 5.75 Å². The summed E-state index contributed by atoms with van der Waals surface area (Å²) in [5.41, 5.74) is 3.47. The number of halogens is 2. The Morgan fingerprint density at radius 1 is 0.895 bits per heavy atom. The van der Waals surface area contributed by atoms with Gasteiger partial charge in [0.05, 0.1) is 6.61 Å². The van der Waals surface area contributed by atoms with Crippen molar-refractivity contribution in [1.82, 2.24) is 4.90 Å². The Labute approximate surface area is 220 Å². The molecular weight excluding hydrogens is 492 g/mol. The monoisotopic (exact) mass is 523 g/mol. The van der Waals surface area contributed by atoms with Crippen molar-refractivity contribution >= 4 is 11.9 Å². The van der Waals surface area contributed by atoms with Gasteiger partial charge in [0.25, 0.3) is 0 Å². The summed E-state index contributed by atoms with van der Waals surface area (Å²) < 4.78 is 32.8. The molecule has 1 aliphatic rings. The molecule has 0 saturated carbocycles. The van der Waals surface area contributed by atoms with Crippen molar-refractivity contribution < 1.29 is 33.3 Å². The zero-order valence-corrected chi connectivity index (χ0v) is 21.1. The molecule has 0 bridgehead atoms. The standard InChI is InChI=1S/C26H27F2NO.C4H4O4/c1-19-2-12-25(13-3-19)30-18-22-17-29(16-20-4-8-23(27)9-5-20)15-14-26(22)21-6-10-24(28)11-7-21;5-3(6)1-2-4(7)8/h2-13,22,26H,14-18H2,1H3;1-2H,(H,5,6)(H,7,8)/b;2-1-/t22-,26-;/m1./s1. The average Bonchev–Trinajstić information content (AvgIpc) is 2.90. The van der Waals surface area contributed by atoms with Crippen LogP contribution in [0.2, 0.25) is 0 Å². The molecule has 1 aliphatic heterocycles. The Kier molecular flexibility index (Phi) is 10.5. The van der Waals surface area contributed by atoms with Crippen molar-refractivity contribution in [2.75, 3.05) is 19.7 Å². The second-order valence-electron chi connectivity index (χ2n) is 9.20. The topological polar surface area (TPSA) is 87.1 Å². The van der Waals surface area contributed by atoms with Gasteiger partial charge < -0.3 is 14.9 Å². The normalized spacial score (nSPS) is 17.4. The van der Waals surface area contributed by atoms with E-state index in [9.17, 15) is 18.4 Å². The zero-order valence-electron chi connectivity index (χ0n) is 21.1. The van der Waals surface area contributed by atoms with Gasteiger partial charge in [-0.15, -0.1) is 0 Å². The maximum absolute atomic E-state index is 13.4. The van der Waals surface area contributed by atoms with Crippen LogP contribution in [0.25, 0.3) is 0 Å². The summed E-state index contributed by atoms with van der Waals surface area (Å²) >= 11 is 0. The average molecular weight is 524 g/mol. The second-order valence-corrected chi connectivity index (χ2v) is 9.20. The zero-order chi connectivity index (χ0) is 27.5. The quantitative estimate of drug-likeness (QED) is 0.370. The van der Waals surface area contributed by atoms with Crippen LogP contribution in [0.1, 0.15) is 29.0 Å². The van der Waals surface area contributed by atoms with E-state index >= 15 is 0 Å². The molecule has 8 heteroatoms. The van der Waals surface area contributed by atoms with E-state index in [1.165, 1.54) is 29.8 Å². The second kappa shape index (κ2) is 14.0. The van der Waals surface area contributed by atoms with Crippen molar-refractivity contribution in [3.8, 4) is 5.75 Å². The largest absolute Gasteiger partial charge is 0.493 e. The smallest absolute Gasteiger partial charge is 0.328 e. The summed E-state index contributed by atoms with van der Waals surface area (Å²) in [7, 11) is 0. The van der Waals surface area contributed by atoms with Crippen LogP contribution in [-0.2, 0) is 16.1 Å². The van der Waals surface area contributed by atoms with Crippen LogP contribution in [0.15, 0.2) is 84.9 Å². The summed E-state index contributed by atoms with van der Waals surface area (Å²) in [5, 5.41) is 15.6. The van der Waals surface area contributed by atoms with Gasteiger partial charge in [-0.1, -0.05) is 42.0 Å². The summed E-state index contributed by atoms with van der Waals surface area (Å²) in [4.78, 5) is 21.5. The molecule has 3 aromatic rings. The number of ether oxygens (including phenoxy) is 1. The highest BCUT2D eigenvalue weighted by Crippen LogP contribution is 2.34. The highest BCUT2D eigenvalue weighted by atomic mass is 19.1. The number of carbonyl (C=O) groups is 2. The van der Waals surface area contributed by atoms with Gasteiger partial charge in [0.2, 0.25) is 0 Å². The van der Waals surface area contributed by atoms with Crippen LogP contribution < -0.4 is 4.74 Å². The van der Waals surface area contributed by atoms with Gasteiger partial charge in [0.15, 0.2) is 0 Å². The lowest BCUT2D eigenvalue weighted by atomic mass is 9.80. The van der Waals surface area contributed by atoms with E-state index in [-0.39, 0.29) is 17.6 Å². The van der Waals surface area contributed by atoms with E-state index < -0.39 is 11.9 Å². The Hall–Kier alpha value is -4.04. The fraction of sp³-hybridized carbons (Fsp3) is 0.267. The number of aliphatic carboxylic acids is 2. The predicted molar refractivity (Wildman–Crippen MR) is 140 cm³/mol. The molecule has 1 fully saturated rings. The molecular formula is C30H31F2NO5. The van der Waals surface area contributed by atoms with E-state index in [1.54, 1.807) is 0 Å². The van der Waals surface area contributed by atoms with Crippen molar-refractivity contribution in [2.45, 2.75) is 25.8 Å². The molecule has 3 aromatic carbocycles. The van der Waals surface area contributed by atoms with Crippen molar-refractivity contribution in [3.63, 3.8) is 0 Å². The number of hydrogen-bond acceptors (Lipinski definition) is 4. The fourth-order valence-corrected chi connectivity index (χ4v) is 4.40. The van der Waals surface area contributed by atoms with Crippen LogP contribution >= 0.6 is 0 Å². The van der Waals surface area contributed by atoms with Crippen LogP contribution in [0, 0.1) is 24.5 Å². The van der Waals surface area contributed by atoms with Crippen molar-refractivity contribution in [2.24, 2.45) is 5.92 Å². The lowest BCUT2D eigenvalue weighted by molar-refractivity contribution is -0.134. The summed E-state index contributed by atoms with van der Waals surface area (Å²) in [6.07, 6.45) is 2.10. The first kappa shape index (κ1) is 28.5. The molecule has 4 rings (SSSR count). The van der Waals surface area contributed by atoms with E-state index in [0.29, 0.717) is 24.7 Å². The maximum Gasteiger partial charge on any atom is 0.328 e. The SMILES string of the molecule is Cc1ccc(OC[C@H]2CN(Cc3ccc(F)cc3)CC[C@@H]2c2ccc(F)cc2)cc1.O=C(O)/C=C\C(=O)O. The third-order valence-corrected chi connectivity index (χ3v) is 6.29. The fourth-order valence-electron chi connectivity index (χ4n) is 4.40. The number of benzene rings is 3. The van der Waals surface area contributed by atoms with Crippen LogP contribution in [-0.4, -0.2) is 46.7 Å². The van der Waals surface area contributed by atoms with Crippen LogP contribution in [0.3, 0.4) is 0 Å². The van der Waals surface area contributed by atoms with E-state index in [1.807, 2.05) is 36.4 Å². The molecule has 0 radical (unpaired) electrons. The molecule has 2 atom stereocenters. The minimum atomic E-state index is -1.26. The lowest BCUT2D eigenvalue weighted by Crippen LogP contribution is -2.41. The molecule has 0 amide bonds. The Balaban J connectivity index is 0.000000436. The van der Waals surface area contributed by atoms with Gasteiger partial charge in [-0.3, -0.25) is 4.90 Å². The predicted octanol–water partition coefficient (Wildman–Crippen LogP) is 5.67. The number of hydrogen-bond donors (Lipinski definition) is 2. The first-order valence-corrected chi connectivity index (χ1v) is 12.3. The van der Waals surface area contributed by atoms with Crippen molar-refractivity contribution in [3.05, 3.63) is 113 Å². The number of piperidine rings is 1. The summed E-state index contributed by atoms with van der Waals surface area (Å²) in [5.74, 6) is -1.46. The van der Waals surface area contributed by atoms with Crippen LogP contribution in [0.4, 0.5) is 8.78 Å². The molecule has 1 heterocycles. The first-order chi connectivity index (χ1) is 18.2. The van der Waals surface area contributed by atoms with Crippen molar-refractivity contribution in [1.29, 1.82) is 0 Å². The van der Waals surface area contributed by atoms with E-state index in [0.717, 1.165) is 42.9 Å². The molecule has 1 saturated heterocycles. The highest BCUT2D eigenvalue weighted by Gasteiger charge is 2.31. The van der Waals surface area contributed by atoms with Gasteiger partial charge in [-0.05, 0) is 73.3 Å². The first-order valence-electron chi connectivity index (χ1n) is 12.3. The Bertz CT molecular complexity index is 1190. The van der Waals surface area contributed by atoms with Gasteiger partial charge in [-0.2, -0.15) is 0 Å². The Morgan fingerprint density at radius 3 is 2.00 bits per heavy atom. The molecule has 0 aliphatic carbocycles. The lowest BCUT2D eigenvalue weighted by Gasteiger charge is -2.39. The number of nitrogens with zero attached hydrogens (tertiary/aromatic N) is 1. The van der Waals surface area contributed by atoms with Gasteiger partial charge >= 0.3 is 11.9 Å². The molecule has 200 valence electrons. The summed E-state index contributed by atoms with van der Waals surface area (Å²) in [6.45, 7) is 5.27. The minimum absolute atomic E-state index is 0.208. The number of likely N-dealkylation sites (tertiary alicyclic amines) is 1. The number of carboxylic acid groups (broad SMARTS) is 2. The molecule has 6 nitrogen and oxygen atoms in total.